The number of thioether (sulfide) groups is 1. The van der Waals surface area contributed by atoms with Gasteiger partial charge in [-0.1, -0.05) is 83.8 Å². The maximum Gasteiger partial charge on any atom is 0.233 e. The van der Waals surface area contributed by atoms with Crippen molar-refractivity contribution < 1.29 is 9.59 Å². The molecule has 1 aliphatic rings. The maximum atomic E-state index is 12.6. The van der Waals surface area contributed by atoms with Gasteiger partial charge in [0.1, 0.15) is 0 Å². The third-order valence-corrected chi connectivity index (χ3v) is 7.39. The fraction of sp³-hybridized carbons (Fsp3) is 0.333. The van der Waals surface area contributed by atoms with Gasteiger partial charge in [-0.3, -0.25) is 14.5 Å². The predicted octanol–water partition coefficient (Wildman–Crippen LogP) is 3.55. The van der Waals surface area contributed by atoms with E-state index in [0.29, 0.717) is 28.1 Å². The zero-order valence-electron chi connectivity index (χ0n) is 18.4. The van der Waals surface area contributed by atoms with Crippen LogP contribution < -0.4 is 5.32 Å². The molecule has 0 radical (unpaired) electrons. The third kappa shape index (κ3) is 7.38. The number of aryl methyl sites for hydroxylation is 1. The van der Waals surface area contributed by atoms with Gasteiger partial charge in [0, 0.05) is 39.1 Å². The summed E-state index contributed by atoms with van der Waals surface area (Å²) in [5.41, 5.74) is 2.42. The quantitative estimate of drug-likeness (QED) is 0.372. The molecule has 0 unspecified atom stereocenters. The Morgan fingerprint density at radius 2 is 1.58 bits per heavy atom. The Hall–Kier alpha value is -2.75. The predicted molar refractivity (Wildman–Crippen MR) is 132 cm³/mol. The van der Waals surface area contributed by atoms with E-state index in [2.05, 4.69) is 44.7 Å². The molecule has 1 N–H and O–H groups in total. The number of piperazine rings is 1. The molecule has 7 nitrogen and oxygen atoms in total. The van der Waals surface area contributed by atoms with Crippen LogP contribution in [0.25, 0.3) is 0 Å². The van der Waals surface area contributed by atoms with E-state index in [1.165, 1.54) is 28.7 Å². The minimum atomic E-state index is -0.0870. The van der Waals surface area contributed by atoms with Gasteiger partial charge in [0.05, 0.1) is 5.75 Å². The van der Waals surface area contributed by atoms with Crippen molar-refractivity contribution >= 4 is 40.0 Å². The summed E-state index contributed by atoms with van der Waals surface area (Å²) in [6, 6.07) is 20.3. The number of hydrogen-bond acceptors (Lipinski definition) is 7. The van der Waals surface area contributed by atoms with Crippen molar-refractivity contribution in [1.82, 2.24) is 20.0 Å². The van der Waals surface area contributed by atoms with E-state index in [-0.39, 0.29) is 11.8 Å². The molecular weight excluding hydrogens is 454 g/mol. The molecule has 2 aromatic carbocycles. The first-order chi connectivity index (χ1) is 16.2. The van der Waals surface area contributed by atoms with Crippen molar-refractivity contribution in [1.29, 1.82) is 0 Å². The molecule has 2 heterocycles. The molecule has 2 amide bonds. The Kier molecular flexibility index (Phi) is 8.46. The van der Waals surface area contributed by atoms with Crippen molar-refractivity contribution in [3.05, 3.63) is 71.8 Å². The number of aromatic nitrogens is 2. The van der Waals surface area contributed by atoms with Crippen LogP contribution in [-0.4, -0.2) is 63.7 Å². The number of anilines is 1. The molecule has 1 fully saturated rings. The van der Waals surface area contributed by atoms with Crippen molar-refractivity contribution in [2.24, 2.45) is 0 Å². The fourth-order valence-electron chi connectivity index (χ4n) is 3.61. The lowest BCUT2D eigenvalue weighted by molar-refractivity contribution is -0.130. The second-order valence-corrected chi connectivity index (χ2v) is 10.0. The Labute approximate surface area is 202 Å². The van der Waals surface area contributed by atoms with Crippen LogP contribution in [0.1, 0.15) is 17.5 Å². The Morgan fingerprint density at radius 1 is 0.909 bits per heavy atom. The highest BCUT2D eigenvalue weighted by molar-refractivity contribution is 8.01. The molecule has 0 atom stereocenters. The maximum absolute atomic E-state index is 12.6. The average molecular weight is 482 g/mol. The Morgan fingerprint density at radius 3 is 2.27 bits per heavy atom. The highest BCUT2D eigenvalue weighted by Crippen LogP contribution is 2.26. The number of amides is 2. The molecule has 0 saturated carbocycles. The highest BCUT2D eigenvalue weighted by Gasteiger charge is 2.21. The number of carbonyl (C=O) groups excluding carboxylic acids is 2. The minimum Gasteiger partial charge on any atom is -0.339 e. The third-order valence-electron chi connectivity index (χ3n) is 5.43. The van der Waals surface area contributed by atoms with Crippen molar-refractivity contribution in [3.63, 3.8) is 0 Å². The van der Waals surface area contributed by atoms with E-state index >= 15 is 0 Å². The lowest BCUT2D eigenvalue weighted by atomic mass is 10.1. The van der Waals surface area contributed by atoms with Crippen molar-refractivity contribution in [2.75, 3.05) is 37.2 Å². The second-order valence-electron chi connectivity index (χ2n) is 7.84. The summed E-state index contributed by atoms with van der Waals surface area (Å²) < 4.78 is 0.685. The summed E-state index contributed by atoms with van der Waals surface area (Å²) in [5.74, 6) is 0.356. The van der Waals surface area contributed by atoms with Gasteiger partial charge in [-0.05, 0) is 17.5 Å². The molecule has 0 spiro atoms. The summed E-state index contributed by atoms with van der Waals surface area (Å²) >= 11 is 2.68. The zero-order chi connectivity index (χ0) is 22.9. The monoisotopic (exact) mass is 481 g/mol. The van der Waals surface area contributed by atoms with E-state index in [1.807, 2.05) is 41.3 Å². The SMILES string of the molecule is O=C(CCc1ccccc1)Nc1nnc(SCC(=O)N2CCN(Cc3ccccc3)CC2)s1. The van der Waals surface area contributed by atoms with Crippen molar-refractivity contribution in [3.8, 4) is 0 Å². The van der Waals surface area contributed by atoms with Crippen LogP contribution in [0.2, 0.25) is 0 Å². The molecule has 1 saturated heterocycles. The molecule has 9 heteroatoms. The van der Waals surface area contributed by atoms with Gasteiger partial charge in [-0.2, -0.15) is 0 Å². The lowest BCUT2D eigenvalue weighted by Gasteiger charge is -2.34. The molecule has 0 aliphatic carbocycles. The van der Waals surface area contributed by atoms with Crippen LogP contribution in [0.3, 0.4) is 0 Å². The van der Waals surface area contributed by atoms with Gasteiger partial charge in [-0.25, -0.2) is 0 Å². The molecule has 172 valence electrons. The summed E-state index contributed by atoms with van der Waals surface area (Å²) in [7, 11) is 0. The fourth-order valence-corrected chi connectivity index (χ4v) is 5.29. The van der Waals surface area contributed by atoms with Gasteiger partial charge in [0.25, 0.3) is 0 Å². The molecule has 4 rings (SSSR count). The largest absolute Gasteiger partial charge is 0.339 e. The average Bonchev–Trinajstić information content (AvgIpc) is 3.30. The van der Waals surface area contributed by atoms with Gasteiger partial charge in [-0.15, -0.1) is 10.2 Å². The van der Waals surface area contributed by atoms with E-state index in [4.69, 9.17) is 0 Å². The number of carbonyl (C=O) groups is 2. The number of hydrogen-bond donors (Lipinski definition) is 1. The Bertz CT molecular complexity index is 1040. The van der Waals surface area contributed by atoms with E-state index in [1.54, 1.807) is 0 Å². The standard InChI is InChI=1S/C24H27N5O2S2/c30-21(12-11-19-7-3-1-4-8-19)25-23-26-27-24(33-23)32-18-22(31)29-15-13-28(14-16-29)17-20-9-5-2-6-10-20/h1-10H,11-18H2,(H,25,26,30). The molecular formula is C24H27N5O2S2. The van der Waals surface area contributed by atoms with Gasteiger partial charge >= 0.3 is 0 Å². The molecule has 1 aliphatic heterocycles. The van der Waals surface area contributed by atoms with Gasteiger partial charge < -0.3 is 10.2 Å². The summed E-state index contributed by atoms with van der Waals surface area (Å²) in [5, 5.41) is 11.4. The zero-order valence-corrected chi connectivity index (χ0v) is 20.0. The first kappa shape index (κ1) is 23.4. The highest BCUT2D eigenvalue weighted by atomic mass is 32.2. The van der Waals surface area contributed by atoms with Gasteiger partial charge in [0.2, 0.25) is 16.9 Å². The van der Waals surface area contributed by atoms with Crippen molar-refractivity contribution in [2.45, 2.75) is 23.7 Å². The number of rotatable bonds is 9. The van der Waals surface area contributed by atoms with Crippen LogP contribution in [0.4, 0.5) is 5.13 Å². The number of nitrogens with one attached hydrogen (secondary N) is 1. The molecule has 0 bridgehead atoms. The first-order valence-electron chi connectivity index (χ1n) is 11.0. The van der Waals surface area contributed by atoms with Crippen LogP contribution in [0.5, 0.6) is 0 Å². The van der Waals surface area contributed by atoms with Crippen LogP contribution in [0, 0.1) is 0 Å². The lowest BCUT2D eigenvalue weighted by Crippen LogP contribution is -2.48. The second kappa shape index (κ2) is 11.9. The molecule has 1 aromatic heterocycles. The van der Waals surface area contributed by atoms with E-state index in [0.717, 1.165) is 38.3 Å². The number of benzene rings is 2. The summed E-state index contributed by atoms with van der Waals surface area (Å²) in [6.45, 7) is 4.16. The van der Waals surface area contributed by atoms with Crippen LogP contribution >= 0.6 is 23.1 Å². The number of nitrogens with zero attached hydrogens (tertiary/aromatic N) is 4. The summed E-state index contributed by atoms with van der Waals surface area (Å²) in [6.07, 6.45) is 1.07. The van der Waals surface area contributed by atoms with Crippen LogP contribution in [-0.2, 0) is 22.6 Å². The Balaban J connectivity index is 1.15. The summed E-state index contributed by atoms with van der Waals surface area (Å²) in [4.78, 5) is 29.1. The van der Waals surface area contributed by atoms with Gasteiger partial charge in [0.15, 0.2) is 4.34 Å². The molecule has 33 heavy (non-hydrogen) atoms. The first-order valence-corrected chi connectivity index (χ1v) is 12.8. The normalized spacial score (nSPS) is 14.2. The van der Waals surface area contributed by atoms with Crippen LogP contribution in [0.15, 0.2) is 65.0 Å². The topological polar surface area (TPSA) is 78.4 Å². The minimum absolute atomic E-state index is 0.0870. The van der Waals surface area contributed by atoms with E-state index in [9.17, 15) is 9.59 Å². The van der Waals surface area contributed by atoms with E-state index < -0.39 is 0 Å². The molecule has 3 aromatic rings. The smallest absolute Gasteiger partial charge is 0.233 e.